The molecule has 60 valence electrons. The van der Waals surface area contributed by atoms with Crippen LogP contribution >= 0.6 is 11.8 Å². The first-order valence-corrected chi connectivity index (χ1v) is 4.72. The molecule has 1 fully saturated rings. The van der Waals surface area contributed by atoms with E-state index in [1.807, 2.05) is 18.7 Å². The Balaban J connectivity index is 2.26. The Morgan fingerprint density at radius 2 is 2.20 bits per heavy atom. The van der Waals surface area contributed by atoms with Crippen LogP contribution in [-0.2, 0) is 0 Å². The Labute approximate surface area is 66.7 Å². The molecule has 4 atom stereocenters. The summed E-state index contributed by atoms with van der Waals surface area (Å²) in [5.74, 6) is 0.657. The van der Waals surface area contributed by atoms with Crippen molar-refractivity contribution in [2.24, 2.45) is 17.4 Å². The van der Waals surface area contributed by atoms with Gasteiger partial charge in [0.05, 0.1) is 5.37 Å². The van der Waals surface area contributed by atoms with Crippen molar-refractivity contribution in [2.45, 2.75) is 36.9 Å². The maximum Gasteiger partial charge on any atom is 0.0549 e. The fraction of sp³-hybridized carbons (Fsp3) is 1.00. The van der Waals surface area contributed by atoms with Crippen LogP contribution in [0.5, 0.6) is 0 Å². The molecule has 1 rings (SSSR count). The molecule has 4 unspecified atom stereocenters. The van der Waals surface area contributed by atoms with E-state index in [9.17, 15) is 0 Å². The van der Waals surface area contributed by atoms with Crippen LogP contribution in [0.15, 0.2) is 0 Å². The number of nitrogens with two attached hydrogens (primary N) is 2. The minimum atomic E-state index is 0.305. The van der Waals surface area contributed by atoms with Crippen LogP contribution in [0.1, 0.15) is 20.3 Å². The van der Waals surface area contributed by atoms with Gasteiger partial charge < -0.3 is 11.5 Å². The molecule has 0 aromatic rings. The molecule has 0 amide bonds. The molecule has 4 N–H and O–H groups in total. The molecule has 2 nitrogen and oxygen atoms in total. The van der Waals surface area contributed by atoms with Crippen molar-refractivity contribution in [3.63, 3.8) is 0 Å². The topological polar surface area (TPSA) is 52.0 Å². The van der Waals surface area contributed by atoms with Gasteiger partial charge in [-0.25, -0.2) is 0 Å². The summed E-state index contributed by atoms with van der Waals surface area (Å²) in [6.07, 6.45) is 1.08. The molecule has 1 heterocycles. The van der Waals surface area contributed by atoms with Gasteiger partial charge in [-0.15, -0.1) is 11.8 Å². The first kappa shape index (κ1) is 8.37. The molecule has 10 heavy (non-hydrogen) atoms. The van der Waals surface area contributed by atoms with Gasteiger partial charge in [0, 0.05) is 11.3 Å². The SMILES string of the molecule is CC(N)CC1C(C)SC1N. The van der Waals surface area contributed by atoms with Crippen molar-refractivity contribution in [2.75, 3.05) is 0 Å². The van der Waals surface area contributed by atoms with E-state index in [0.717, 1.165) is 11.7 Å². The number of thioether (sulfide) groups is 1. The van der Waals surface area contributed by atoms with Crippen LogP contribution in [0.2, 0.25) is 0 Å². The van der Waals surface area contributed by atoms with Gasteiger partial charge in [-0.2, -0.15) is 0 Å². The summed E-state index contributed by atoms with van der Waals surface area (Å²) in [7, 11) is 0. The lowest BCUT2D eigenvalue weighted by atomic mass is 9.97. The normalized spacial score (nSPS) is 42.6. The van der Waals surface area contributed by atoms with E-state index in [-0.39, 0.29) is 0 Å². The molecule has 0 aromatic heterocycles. The van der Waals surface area contributed by atoms with E-state index >= 15 is 0 Å². The number of rotatable bonds is 2. The summed E-state index contributed by atoms with van der Waals surface area (Å²) < 4.78 is 0. The molecular weight excluding hydrogens is 144 g/mol. The van der Waals surface area contributed by atoms with Gasteiger partial charge >= 0.3 is 0 Å². The zero-order valence-electron chi connectivity index (χ0n) is 6.58. The summed E-state index contributed by atoms with van der Waals surface area (Å²) in [5.41, 5.74) is 11.4. The second kappa shape index (κ2) is 3.11. The van der Waals surface area contributed by atoms with Gasteiger partial charge in [0.2, 0.25) is 0 Å². The van der Waals surface area contributed by atoms with Crippen molar-refractivity contribution < 1.29 is 0 Å². The highest BCUT2D eigenvalue weighted by Gasteiger charge is 2.36. The fourth-order valence-electron chi connectivity index (χ4n) is 1.38. The van der Waals surface area contributed by atoms with E-state index in [2.05, 4.69) is 6.92 Å². The predicted octanol–water partition coefficient (Wildman–Crippen LogP) is 0.760. The highest BCUT2D eigenvalue weighted by molar-refractivity contribution is 8.01. The maximum atomic E-state index is 5.77. The lowest BCUT2D eigenvalue weighted by Gasteiger charge is -2.40. The molecule has 1 aliphatic heterocycles. The monoisotopic (exact) mass is 160 g/mol. The largest absolute Gasteiger partial charge is 0.328 e. The molecule has 0 spiro atoms. The van der Waals surface area contributed by atoms with E-state index < -0.39 is 0 Å². The third kappa shape index (κ3) is 1.65. The Kier molecular flexibility index (Phi) is 2.61. The minimum Gasteiger partial charge on any atom is -0.328 e. The Hall–Kier alpha value is 0.270. The summed E-state index contributed by atoms with van der Waals surface area (Å²) >= 11 is 1.86. The van der Waals surface area contributed by atoms with Gasteiger partial charge in [-0.3, -0.25) is 0 Å². The van der Waals surface area contributed by atoms with Crippen molar-refractivity contribution >= 4 is 11.8 Å². The summed E-state index contributed by atoms with van der Waals surface area (Å²) in [6, 6.07) is 0.305. The van der Waals surface area contributed by atoms with Gasteiger partial charge in [-0.05, 0) is 19.3 Å². The van der Waals surface area contributed by atoms with Crippen LogP contribution in [-0.4, -0.2) is 16.7 Å². The molecule has 1 saturated heterocycles. The zero-order chi connectivity index (χ0) is 7.72. The first-order valence-electron chi connectivity index (χ1n) is 3.78. The second-order valence-electron chi connectivity index (χ2n) is 3.18. The number of hydrogen-bond donors (Lipinski definition) is 2. The minimum absolute atomic E-state index is 0.305. The van der Waals surface area contributed by atoms with Crippen molar-refractivity contribution in [1.29, 1.82) is 0 Å². The van der Waals surface area contributed by atoms with Crippen LogP contribution in [0.3, 0.4) is 0 Å². The second-order valence-corrected chi connectivity index (χ2v) is 4.74. The van der Waals surface area contributed by atoms with Crippen LogP contribution < -0.4 is 11.5 Å². The lowest BCUT2D eigenvalue weighted by Crippen LogP contribution is -2.46. The van der Waals surface area contributed by atoms with Gasteiger partial charge in [0.1, 0.15) is 0 Å². The van der Waals surface area contributed by atoms with Crippen molar-refractivity contribution in [1.82, 2.24) is 0 Å². The highest BCUT2D eigenvalue weighted by atomic mass is 32.2. The van der Waals surface area contributed by atoms with Crippen molar-refractivity contribution in [3.05, 3.63) is 0 Å². The summed E-state index contributed by atoms with van der Waals surface area (Å²) in [6.45, 7) is 4.27. The molecule has 0 aliphatic carbocycles. The highest BCUT2D eigenvalue weighted by Crippen LogP contribution is 2.41. The lowest BCUT2D eigenvalue weighted by molar-refractivity contribution is 0.400. The Morgan fingerprint density at radius 3 is 2.40 bits per heavy atom. The molecule has 0 radical (unpaired) electrons. The van der Waals surface area contributed by atoms with E-state index in [1.165, 1.54) is 0 Å². The molecule has 1 aliphatic rings. The molecule has 3 heteroatoms. The standard InChI is InChI=1S/C7H16N2S/c1-4(8)3-6-5(2)10-7(6)9/h4-7H,3,8-9H2,1-2H3. The zero-order valence-corrected chi connectivity index (χ0v) is 7.40. The smallest absolute Gasteiger partial charge is 0.0549 e. The predicted molar refractivity (Wildman–Crippen MR) is 46.8 cm³/mol. The Morgan fingerprint density at radius 1 is 1.60 bits per heavy atom. The maximum absolute atomic E-state index is 5.77. The van der Waals surface area contributed by atoms with Gasteiger partial charge in [0.15, 0.2) is 0 Å². The Bertz CT molecular complexity index is 108. The van der Waals surface area contributed by atoms with E-state index in [4.69, 9.17) is 11.5 Å². The van der Waals surface area contributed by atoms with Gasteiger partial charge in [-0.1, -0.05) is 6.92 Å². The van der Waals surface area contributed by atoms with E-state index in [1.54, 1.807) is 0 Å². The average molecular weight is 160 g/mol. The quantitative estimate of drug-likeness (QED) is 0.627. The fourth-order valence-corrected chi connectivity index (χ4v) is 2.64. The molecule has 0 saturated carbocycles. The van der Waals surface area contributed by atoms with Crippen LogP contribution in [0, 0.1) is 5.92 Å². The van der Waals surface area contributed by atoms with Crippen LogP contribution in [0.4, 0.5) is 0 Å². The average Bonchev–Trinajstić information content (AvgIpc) is 1.84. The summed E-state index contributed by atoms with van der Waals surface area (Å²) in [4.78, 5) is 0. The van der Waals surface area contributed by atoms with E-state index in [0.29, 0.717) is 17.3 Å². The van der Waals surface area contributed by atoms with Crippen molar-refractivity contribution in [3.8, 4) is 0 Å². The first-order chi connectivity index (χ1) is 4.61. The molecule has 0 bridgehead atoms. The molecular formula is C7H16N2S. The third-order valence-corrected chi connectivity index (χ3v) is 3.48. The molecule has 0 aromatic carbocycles. The number of hydrogen-bond acceptors (Lipinski definition) is 3. The van der Waals surface area contributed by atoms with Gasteiger partial charge in [0.25, 0.3) is 0 Å². The third-order valence-electron chi connectivity index (χ3n) is 2.04. The van der Waals surface area contributed by atoms with Crippen LogP contribution in [0.25, 0.3) is 0 Å². The summed E-state index contributed by atoms with van der Waals surface area (Å²) in [5, 5.41) is 1.07.